The molecular formula is C15H14FN3O2. The third-order valence-electron chi connectivity index (χ3n) is 2.75. The van der Waals surface area contributed by atoms with Gasteiger partial charge >= 0.3 is 0 Å². The number of amides is 1. The summed E-state index contributed by atoms with van der Waals surface area (Å²) in [4.78, 5) is 23.3. The van der Waals surface area contributed by atoms with E-state index in [-0.39, 0.29) is 18.0 Å². The van der Waals surface area contributed by atoms with E-state index in [1.165, 1.54) is 24.3 Å². The molecule has 0 unspecified atom stereocenters. The van der Waals surface area contributed by atoms with Crippen molar-refractivity contribution >= 4 is 5.91 Å². The molecule has 1 heterocycles. The van der Waals surface area contributed by atoms with Crippen molar-refractivity contribution in [3.63, 3.8) is 0 Å². The monoisotopic (exact) mass is 287 g/mol. The van der Waals surface area contributed by atoms with Crippen LogP contribution in [-0.2, 0) is 11.3 Å². The van der Waals surface area contributed by atoms with Crippen molar-refractivity contribution in [3.8, 4) is 11.3 Å². The third-order valence-corrected chi connectivity index (χ3v) is 2.75. The lowest BCUT2D eigenvalue weighted by Gasteiger charge is -2.07. The second-order valence-electron chi connectivity index (χ2n) is 4.29. The minimum absolute atomic E-state index is 0.227. The van der Waals surface area contributed by atoms with E-state index in [0.717, 1.165) is 4.68 Å². The Morgan fingerprint density at radius 1 is 1.33 bits per heavy atom. The molecule has 0 saturated carbocycles. The maximum absolute atomic E-state index is 13.7. The molecule has 0 atom stereocenters. The first-order valence-corrected chi connectivity index (χ1v) is 6.32. The smallest absolute Gasteiger partial charge is 0.267 e. The molecule has 1 aromatic carbocycles. The highest BCUT2D eigenvalue weighted by atomic mass is 19.1. The van der Waals surface area contributed by atoms with E-state index in [4.69, 9.17) is 0 Å². The van der Waals surface area contributed by atoms with Crippen LogP contribution in [0.15, 0.2) is 53.8 Å². The molecule has 1 aromatic heterocycles. The molecule has 0 bridgehead atoms. The van der Waals surface area contributed by atoms with Crippen LogP contribution in [0.4, 0.5) is 4.39 Å². The van der Waals surface area contributed by atoms with Crippen molar-refractivity contribution in [2.75, 3.05) is 6.54 Å². The van der Waals surface area contributed by atoms with Gasteiger partial charge in [0.15, 0.2) is 0 Å². The van der Waals surface area contributed by atoms with E-state index < -0.39 is 11.4 Å². The number of carbonyl (C=O) groups excluding carboxylic acids is 1. The summed E-state index contributed by atoms with van der Waals surface area (Å²) in [5.41, 5.74) is 0.144. The quantitative estimate of drug-likeness (QED) is 0.844. The number of halogens is 1. The lowest BCUT2D eigenvalue weighted by molar-refractivity contribution is -0.121. The normalized spacial score (nSPS) is 10.1. The molecule has 0 saturated heterocycles. The fraction of sp³-hybridized carbons (Fsp3) is 0.133. The minimum atomic E-state index is -0.439. The van der Waals surface area contributed by atoms with Crippen molar-refractivity contribution in [1.29, 1.82) is 0 Å². The Morgan fingerprint density at radius 3 is 2.81 bits per heavy atom. The SMILES string of the molecule is C=CCNC(=O)Cn1nc(-c2ccccc2F)ccc1=O. The summed E-state index contributed by atoms with van der Waals surface area (Å²) in [6.07, 6.45) is 1.53. The average molecular weight is 287 g/mol. The molecule has 2 rings (SSSR count). The number of nitrogens with zero attached hydrogens (tertiary/aromatic N) is 2. The highest BCUT2D eigenvalue weighted by Gasteiger charge is 2.09. The summed E-state index contributed by atoms with van der Waals surface area (Å²) in [7, 11) is 0. The molecule has 0 aliphatic carbocycles. The Bertz CT molecular complexity index is 725. The maximum atomic E-state index is 13.7. The number of hydrogen-bond acceptors (Lipinski definition) is 3. The van der Waals surface area contributed by atoms with Crippen LogP contribution in [0.1, 0.15) is 0 Å². The van der Waals surface area contributed by atoms with Crippen LogP contribution < -0.4 is 10.9 Å². The number of aromatic nitrogens is 2. The molecule has 1 N–H and O–H groups in total. The fourth-order valence-corrected chi connectivity index (χ4v) is 1.75. The standard InChI is InChI=1S/C15H14FN3O2/c1-2-9-17-14(20)10-19-15(21)8-7-13(18-19)11-5-3-4-6-12(11)16/h2-8H,1,9-10H2,(H,17,20). The van der Waals surface area contributed by atoms with Gasteiger partial charge in [0.05, 0.1) is 5.69 Å². The first-order chi connectivity index (χ1) is 10.1. The van der Waals surface area contributed by atoms with E-state index >= 15 is 0 Å². The molecule has 0 aliphatic rings. The first kappa shape index (κ1) is 14.6. The first-order valence-electron chi connectivity index (χ1n) is 6.32. The number of nitrogens with one attached hydrogen (secondary N) is 1. The molecule has 108 valence electrons. The summed E-state index contributed by atoms with van der Waals surface area (Å²) in [5.74, 6) is -0.804. The van der Waals surface area contributed by atoms with Crippen molar-refractivity contribution in [2.45, 2.75) is 6.54 Å². The van der Waals surface area contributed by atoms with Gasteiger partial charge in [0, 0.05) is 18.2 Å². The topological polar surface area (TPSA) is 64.0 Å². The molecule has 5 nitrogen and oxygen atoms in total. The van der Waals surface area contributed by atoms with E-state index in [9.17, 15) is 14.0 Å². The van der Waals surface area contributed by atoms with Gasteiger partial charge in [-0.3, -0.25) is 9.59 Å². The summed E-state index contributed by atoms with van der Waals surface area (Å²) in [6.45, 7) is 3.56. The van der Waals surface area contributed by atoms with Gasteiger partial charge in [-0.25, -0.2) is 9.07 Å². The average Bonchev–Trinajstić information content (AvgIpc) is 2.48. The van der Waals surface area contributed by atoms with Crippen molar-refractivity contribution in [2.24, 2.45) is 0 Å². The molecule has 0 fully saturated rings. The zero-order valence-electron chi connectivity index (χ0n) is 11.3. The van der Waals surface area contributed by atoms with Gasteiger partial charge in [-0.1, -0.05) is 18.2 Å². The molecule has 0 aliphatic heterocycles. The predicted octanol–water partition coefficient (Wildman–Crippen LogP) is 1.35. The minimum Gasteiger partial charge on any atom is -0.351 e. The molecule has 0 radical (unpaired) electrons. The van der Waals surface area contributed by atoms with Crippen LogP contribution in [-0.4, -0.2) is 22.2 Å². The van der Waals surface area contributed by atoms with Crippen LogP contribution in [0.25, 0.3) is 11.3 Å². The van der Waals surface area contributed by atoms with Crippen LogP contribution >= 0.6 is 0 Å². The highest BCUT2D eigenvalue weighted by molar-refractivity contribution is 5.75. The highest BCUT2D eigenvalue weighted by Crippen LogP contribution is 2.18. The summed E-state index contributed by atoms with van der Waals surface area (Å²) >= 11 is 0. The Kier molecular flexibility index (Phi) is 4.61. The Hall–Kier alpha value is -2.76. The number of carbonyl (C=O) groups is 1. The van der Waals surface area contributed by atoms with Crippen LogP contribution in [0, 0.1) is 5.82 Å². The molecular weight excluding hydrogens is 273 g/mol. The fourth-order valence-electron chi connectivity index (χ4n) is 1.75. The maximum Gasteiger partial charge on any atom is 0.267 e. The second kappa shape index (κ2) is 6.60. The Morgan fingerprint density at radius 2 is 2.10 bits per heavy atom. The van der Waals surface area contributed by atoms with E-state index in [0.29, 0.717) is 12.2 Å². The van der Waals surface area contributed by atoms with Crippen molar-refractivity contribution in [3.05, 3.63) is 65.2 Å². The zero-order valence-corrected chi connectivity index (χ0v) is 11.3. The summed E-state index contributed by atoms with van der Waals surface area (Å²) in [5, 5.41) is 6.58. The molecule has 1 amide bonds. The van der Waals surface area contributed by atoms with Crippen molar-refractivity contribution in [1.82, 2.24) is 15.1 Å². The largest absolute Gasteiger partial charge is 0.351 e. The number of benzene rings is 1. The zero-order chi connectivity index (χ0) is 15.2. The van der Waals surface area contributed by atoms with E-state index in [1.54, 1.807) is 18.2 Å². The van der Waals surface area contributed by atoms with Crippen LogP contribution in [0.2, 0.25) is 0 Å². The van der Waals surface area contributed by atoms with Gasteiger partial charge < -0.3 is 5.32 Å². The van der Waals surface area contributed by atoms with Gasteiger partial charge in [0.25, 0.3) is 5.56 Å². The van der Waals surface area contributed by atoms with Gasteiger partial charge in [-0.2, -0.15) is 5.10 Å². The lowest BCUT2D eigenvalue weighted by atomic mass is 10.1. The van der Waals surface area contributed by atoms with Gasteiger partial charge in [-0.15, -0.1) is 6.58 Å². The molecule has 2 aromatic rings. The molecule has 21 heavy (non-hydrogen) atoms. The molecule has 0 spiro atoms. The number of hydrogen-bond donors (Lipinski definition) is 1. The summed E-state index contributed by atoms with van der Waals surface area (Å²) in [6, 6.07) is 8.80. The van der Waals surface area contributed by atoms with Gasteiger partial charge in [-0.05, 0) is 18.2 Å². The Labute approximate surface area is 120 Å². The third kappa shape index (κ3) is 3.62. The molecule has 6 heteroatoms. The number of rotatable bonds is 5. The van der Waals surface area contributed by atoms with E-state index in [1.807, 2.05) is 0 Å². The van der Waals surface area contributed by atoms with Gasteiger partial charge in [0.2, 0.25) is 5.91 Å². The predicted molar refractivity (Wildman–Crippen MR) is 77.1 cm³/mol. The lowest BCUT2D eigenvalue weighted by Crippen LogP contribution is -2.33. The van der Waals surface area contributed by atoms with Crippen LogP contribution in [0.5, 0.6) is 0 Å². The Balaban J connectivity index is 2.30. The summed E-state index contributed by atoms with van der Waals surface area (Å²) < 4.78 is 14.7. The van der Waals surface area contributed by atoms with Gasteiger partial charge in [0.1, 0.15) is 12.4 Å². The van der Waals surface area contributed by atoms with Crippen molar-refractivity contribution < 1.29 is 9.18 Å². The second-order valence-corrected chi connectivity index (χ2v) is 4.29. The van der Waals surface area contributed by atoms with Crippen LogP contribution in [0.3, 0.4) is 0 Å². The van der Waals surface area contributed by atoms with E-state index in [2.05, 4.69) is 17.0 Å².